The summed E-state index contributed by atoms with van der Waals surface area (Å²) < 4.78 is 5.35. The summed E-state index contributed by atoms with van der Waals surface area (Å²) in [6.45, 7) is 4.02. The highest BCUT2D eigenvalue weighted by molar-refractivity contribution is 7.10. The number of Topliss-reactive ketones (excluding diaryl/α,β-unsaturated/α-hetero) is 1. The minimum Gasteiger partial charge on any atom is -0.490 e. The second-order valence-electron chi connectivity index (χ2n) is 3.68. The zero-order valence-corrected chi connectivity index (χ0v) is 11.1. The average molecular weight is 268 g/mol. The molecule has 0 amide bonds. The van der Waals surface area contributed by atoms with E-state index in [1.807, 2.05) is 17.5 Å². The molecule has 19 heavy (non-hydrogen) atoms. The Hall–Kier alpha value is -2.31. The number of ketones is 1. The van der Waals surface area contributed by atoms with Gasteiger partial charge >= 0.3 is 0 Å². The zero-order chi connectivity index (χ0) is 13.5. The number of benzene rings is 1. The second kappa shape index (κ2) is 6.58. The van der Waals surface area contributed by atoms with Gasteiger partial charge in [0.25, 0.3) is 0 Å². The number of thiophene rings is 1. The van der Waals surface area contributed by atoms with E-state index in [0.29, 0.717) is 17.9 Å². The summed E-state index contributed by atoms with van der Waals surface area (Å²) in [7, 11) is 0. The van der Waals surface area contributed by atoms with Crippen molar-refractivity contribution in [2.75, 3.05) is 6.61 Å². The van der Waals surface area contributed by atoms with E-state index in [4.69, 9.17) is 4.74 Å². The standard InChI is InChI=1S/C16H12O2S/c1-2-11-18-14-7-5-13(6-8-14)16(17)10-9-15-4-3-12-19-15/h2-8,12H,1,11H2. The monoisotopic (exact) mass is 268 g/mol. The maximum Gasteiger partial charge on any atom is 0.236 e. The fourth-order valence-corrected chi connectivity index (χ4v) is 1.97. The van der Waals surface area contributed by atoms with Gasteiger partial charge in [-0.25, -0.2) is 0 Å². The summed E-state index contributed by atoms with van der Waals surface area (Å²) in [5, 5.41) is 1.93. The molecule has 0 atom stereocenters. The van der Waals surface area contributed by atoms with Crippen LogP contribution < -0.4 is 4.74 Å². The van der Waals surface area contributed by atoms with Crippen LogP contribution in [0.15, 0.2) is 54.4 Å². The van der Waals surface area contributed by atoms with Gasteiger partial charge in [0.15, 0.2) is 0 Å². The van der Waals surface area contributed by atoms with Gasteiger partial charge < -0.3 is 4.74 Å². The largest absolute Gasteiger partial charge is 0.490 e. The summed E-state index contributed by atoms with van der Waals surface area (Å²) >= 11 is 1.52. The second-order valence-corrected chi connectivity index (χ2v) is 4.63. The summed E-state index contributed by atoms with van der Waals surface area (Å²) in [5.74, 6) is 5.99. The van der Waals surface area contributed by atoms with Crippen LogP contribution in [0.25, 0.3) is 0 Å². The van der Waals surface area contributed by atoms with Gasteiger partial charge in [-0.15, -0.1) is 11.3 Å². The fraction of sp³-hybridized carbons (Fsp3) is 0.0625. The Morgan fingerprint density at radius 3 is 2.74 bits per heavy atom. The Morgan fingerprint density at radius 1 is 1.32 bits per heavy atom. The van der Waals surface area contributed by atoms with E-state index in [9.17, 15) is 4.79 Å². The van der Waals surface area contributed by atoms with Crippen molar-refractivity contribution in [3.63, 3.8) is 0 Å². The molecule has 2 nitrogen and oxygen atoms in total. The van der Waals surface area contributed by atoms with Crippen LogP contribution in [-0.4, -0.2) is 12.4 Å². The number of ether oxygens (including phenoxy) is 1. The van der Waals surface area contributed by atoms with Gasteiger partial charge in [0.05, 0.1) is 4.88 Å². The molecule has 0 saturated heterocycles. The van der Waals surface area contributed by atoms with E-state index in [1.54, 1.807) is 30.3 Å². The minimum absolute atomic E-state index is 0.191. The van der Waals surface area contributed by atoms with Crippen LogP contribution in [0.5, 0.6) is 5.75 Å². The average Bonchev–Trinajstić information content (AvgIpc) is 2.96. The molecule has 2 aromatic rings. The molecular formula is C16H12O2S. The zero-order valence-electron chi connectivity index (χ0n) is 10.3. The van der Waals surface area contributed by atoms with Gasteiger partial charge in [0, 0.05) is 5.56 Å². The minimum atomic E-state index is -0.191. The number of carbonyl (C=O) groups is 1. The fourth-order valence-electron chi connectivity index (χ4n) is 1.40. The molecule has 1 aromatic heterocycles. The summed E-state index contributed by atoms with van der Waals surface area (Å²) in [6, 6.07) is 10.7. The van der Waals surface area contributed by atoms with Crippen LogP contribution in [0.3, 0.4) is 0 Å². The molecule has 0 radical (unpaired) electrons. The molecule has 0 fully saturated rings. The maximum atomic E-state index is 11.8. The highest BCUT2D eigenvalue weighted by atomic mass is 32.1. The predicted octanol–water partition coefficient (Wildman–Crippen LogP) is 3.55. The first-order chi connectivity index (χ1) is 9.29. The van der Waals surface area contributed by atoms with E-state index in [2.05, 4.69) is 18.4 Å². The van der Waals surface area contributed by atoms with Gasteiger partial charge in [-0.2, -0.15) is 0 Å². The van der Waals surface area contributed by atoms with E-state index < -0.39 is 0 Å². The first kappa shape index (κ1) is 13.1. The first-order valence-electron chi connectivity index (χ1n) is 5.73. The Labute approximate surface area is 116 Å². The summed E-state index contributed by atoms with van der Waals surface area (Å²) in [5.41, 5.74) is 0.565. The Balaban J connectivity index is 2.05. The maximum absolute atomic E-state index is 11.8. The number of rotatable bonds is 4. The van der Waals surface area contributed by atoms with E-state index in [-0.39, 0.29) is 5.78 Å². The van der Waals surface area contributed by atoms with Crippen LogP contribution >= 0.6 is 11.3 Å². The quantitative estimate of drug-likeness (QED) is 0.481. The number of hydrogen-bond acceptors (Lipinski definition) is 3. The Bertz CT molecular complexity index is 613. The lowest BCUT2D eigenvalue weighted by atomic mass is 10.1. The van der Waals surface area contributed by atoms with Crippen molar-refractivity contribution < 1.29 is 9.53 Å². The molecule has 0 bridgehead atoms. The van der Waals surface area contributed by atoms with Gasteiger partial charge in [-0.3, -0.25) is 4.79 Å². The lowest BCUT2D eigenvalue weighted by Crippen LogP contribution is -1.96. The van der Waals surface area contributed by atoms with Crippen molar-refractivity contribution in [1.29, 1.82) is 0 Å². The van der Waals surface area contributed by atoms with E-state index >= 15 is 0 Å². The highest BCUT2D eigenvalue weighted by Crippen LogP contribution is 2.12. The topological polar surface area (TPSA) is 26.3 Å². The van der Waals surface area contributed by atoms with Crippen LogP contribution in [0.1, 0.15) is 15.2 Å². The highest BCUT2D eigenvalue weighted by Gasteiger charge is 2.02. The normalized spacial score (nSPS) is 9.26. The summed E-state index contributed by atoms with van der Waals surface area (Å²) in [4.78, 5) is 12.7. The molecule has 0 N–H and O–H groups in total. The van der Waals surface area contributed by atoms with Crippen molar-refractivity contribution in [3.8, 4) is 17.6 Å². The molecule has 0 saturated carbocycles. The van der Waals surface area contributed by atoms with Crippen LogP contribution in [0.4, 0.5) is 0 Å². The molecule has 1 aromatic carbocycles. The van der Waals surface area contributed by atoms with Gasteiger partial charge in [0.1, 0.15) is 12.4 Å². The van der Waals surface area contributed by atoms with Crippen LogP contribution in [0, 0.1) is 11.8 Å². The van der Waals surface area contributed by atoms with Crippen LogP contribution in [-0.2, 0) is 0 Å². The van der Waals surface area contributed by atoms with Crippen molar-refractivity contribution in [1.82, 2.24) is 0 Å². The molecule has 0 aliphatic rings. The third kappa shape index (κ3) is 3.84. The smallest absolute Gasteiger partial charge is 0.236 e. The number of carbonyl (C=O) groups excluding carboxylic acids is 1. The van der Waals surface area contributed by atoms with E-state index in [0.717, 1.165) is 4.88 Å². The molecule has 94 valence electrons. The number of hydrogen-bond donors (Lipinski definition) is 0. The van der Waals surface area contributed by atoms with Crippen molar-refractivity contribution in [2.24, 2.45) is 0 Å². The Morgan fingerprint density at radius 2 is 2.11 bits per heavy atom. The molecule has 0 spiro atoms. The van der Waals surface area contributed by atoms with E-state index in [1.165, 1.54) is 11.3 Å². The third-order valence-corrected chi connectivity index (χ3v) is 3.09. The van der Waals surface area contributed by atoms with Gasteiger partial charge in [0.2, 0.25) is 5.78 Å². The molecule has 1 heterocycles. The lowest BCUT2D eigenvalue weighted by molar-refractivity contribution is 0.105. The molecule has 0 unspecified atom stereocenters. The van der Waals surface area contributed by atoms with Crippen LogP contribution in [0.2, 0.25) is 0 Å². The van der Waals surface area contributed by atoms with Gasteiger partial charge in [-0.05, 0) is 47.6 Å². The predicted molar refractivity (Wildman–Crippen MR) is 77.7 cm³/mol. The summed E-state index contributed by atoms with van der Waals surface area (Å²) in [6.07, 6.45) is 1.67. The SMILES string of the molecule is C=CCOc1ccc(C(=O)C#Cc2cccs2)cc1. The van der Waals surface area contributed by atoms with Crippen molar-refractivity contribution in [2.45, 2.75) is 0 Å². The molecule has 0 aliphatic heterocycles. The van der Waals surface area contributed by atoms with Crippen molar-refractivity contribution >= 4 is 17.1 Å². The van der Waals surface area contributed by atoms with Gasteiger partial charge in [-0.1, -0.05) is 18.7 Å². The Kier molecular flexibility index (Phi) is 4.54. The third-order valence-electron chi connectivity index (χ3n) is 2.30. The molecule has 2 rings (SSSR count). The molecular weight excluding hydrogens is 256 g/mol. The first-order valence-corrected chi connectivity index (χ1v) is 6.61. The lowest BCUT2D eigenvalue weighted by Gasteiger charge is -2.02. The molecule has 0 aliphatic carbocycles. The molecule has 3 heteroatoms. The van der Waals surface area contributed by atoms with Crippen molar-refractivity contribution in [3.05, 3.63) is 64.9 Å².